The van der Waals surface area contributed by atoms with E-state index in [1.54, 1.807) is 9.80 Å². The van der Waals surface area contributed by atoms with E-state index in [9.17, 15) is 9.59 Å². The summed E-state index contributed by atoms with van der Waals surface area (Å²) >= 11 is 3.58. The van der Waals surface area contributed by atoms with Gasteiger partial charge in [-0.15, -0.1) is 0 Å². The number of halogens is 1. The van der Waals surface area contributed by atoms with Gasteiger partial charge in [-0.25, -0.2) is 0 Å². The maximum Gasteiger partial charge on any atom is 0.260 e. The van der Waals surface area contributed by atoms with Crippen molar-refractivity contribution in [3.05, 3.63) is 40.9 Å². The second-order valence-corrected chi connectivity index (χ2v) is 7.89. The van der Waals surface area contributed by atoms with Crippen LogP contribution >= 0.6 is 15.9 Å². The van der Waals surface area contributed by atoms with Gasteiger partial charge in [-0.1, -0.05) is 30.3 Å². The van der Waals surface area contributed by atoms with E-state index in [1.807, 2.05) is 36.4 Å². The van der Waals surface area contributed by atoms with E-state index in [2.05, 4.69) is 15.9 Å². The van der Waals surface area contributed by atoms with Gasteiger partial charge in [0.05, 0.1) is 4.47 Å². The van der Waals surface area contributed by atoms with Crippen molar-refractivity contribution in [3.8, 4) is 5.75 Å². The number of rotatable bonds is 4. The Hall–Kier alpha value is -2.12. The zero-order valence-electron chi connectivity index (χ0n) is 15.6. The van der Waals surface area contributed by atoms with Crippen molar-refractivity contribution in [2.75, 3.05) is 39.4 Å². The summed E-state index contributed by atoms with van der Waals surface area (Å²) < 4.78 is 12.1. The van der Waals surface area contributed by atoms with E-state index in [-0.39, 0.29) is 24.5 Å². The van der Waals surface area contributed by atoms with Crippen LogP contribution in [0.1, 0.15) is 12.8 Å². The first kappa shape index (κ1) is 19.2. The quantitative estimate of drug-likeness (QED) is 0.724. The number of benzene rings is 2. The summed E-state index contributed by atoms with van der Waals surface area (Å²) in [5.41, 5.74) is 0. The smallest absolute Gasteiger partial charge is 0.260 e. The van der Waals surface area contributed by atoms with Crippen LogP contribution in [0.2, 0.25) is 0 Å². The number of nitrogens with zero attached hydrogens (tertiary/aromatic N) is 2. The van der Waals surface area contributed by atoms with Crippen molar-refractivity contribution in [1.29, 1.82) is 0 Å². The molecule has 2 aliphatic rings. The fourth-order valence-corrected chi connectivity index (χ4v) is 4.32. The Morgan fingerprint density at radius 2 is 1.82 bits per heavy atom. The third kappa shape index (κ3) is 4.00. The highest BCUT2D eigenvalue weighted by molar-refractivity contribution is 9.10. The molecule has 0 saturated carbocycles. The van der Waals surface area contributed by atoms with Crippen molar-refractivity contribution in [3.63, 3.8) is 0 Å². The number of ether oxygens (including phenoxy) is 2. The van der Waals surface area contributed by atoms with Gasteiger partial charge < -0.3 is 19.3 Å². The van der Waals surface area contributed by atoms with Crippen LogP contribution in [0.5, 0.6) is 5.75 Å². The number of piperazine rings is 1. The molecule has 2 saturated heterocycles. The van der Waals surface area contributed by atoms with Crippen LogP contribution in [0.25, 0.3) is 10.8 Å². The van der Waals surface area contributed by atoms with Crippen molar-refractivity contribution in [2.45, 2.75) is 18.9 Å². The van der Waals surface area contributed by atoms with Crippen molar-refractivity contribution >= 4 is 38.5 Å². The van der Waals surface area contributed by atoms with Gasteiger partial charge in [0.2, 0.25) is 0 Å². The Labute approximate surface area is 172 Å². The molecule has 2 fully saturated rings. The molecule has 0 spiro atoms. The molecule has 2 amide bonds. The van der Waals surface area contributed by atoms with Crippen molar-refractivity contribution in [1.82, 2.24) is 9.80 Å². The number of fused-ring (bicyclic) bond motifs is 1. The third-order valence-electron chi connectivity index (χ3n) is 5.33. The number of hydrogen-bond donors (Lipinski definition) is 0. The predicted molar refractivity (Wildman–Crippen MR) is 109 cm³/mol. The first-order valence-electron chi connectivity index (χ1n) is 9.62. The molecule has 2 aromatic carbocycles. The fraction of sp³-hybridized carbons (Fsp3) is 0.429. The van der Waals surface area contributed by atoms with E-state index in [0.717, 1.165) is 28.1 Å². The monoisotopic (exact) mass is 446 g/mol. The molecule has 6 nitrogen and oxygen atoms in total. The fourth-order valence-electron chi connectivity index (χ4n) is 3.71. The van der Waals surface area contributed by atoms with Gasteiger partial charge >= 0.3 is 0 Å². The number of carbonyl (C=O) groups excluding carboxylic acids is 2. The van der Waals surface area contributed by atoms with E-state index < -0.39 is 0 Å². The lowest BCUT2D eigenvalue weighted by atomic mass is 10.1. The lowest BCUT2D eigenvalue weighted by Crippen LogP contribution is -2.53. The minimum Gasteiger partial charge on any atom is -0.483 e. The standard InChI is InChI=1S/C21H23BrN2O4/c22-20-16-5-2-1-4-15(16)7-8-17(20)28-14-19(25)23-9-11-24(12-10-23)21(26)18-6-3-13-27-18/h1-2,4-5,7-8,18H,3,6,9-14H2. The van der Waals surface area contributed by atoms with Gasteiger partial charge in [-0.3, -0.25) is 9.59 Å². The predicted octanol–water partition coefficient (Wildman–Crippen LogP) is 2.83. The van der Waals surface area contributed by atoms with Crippen LogP contribution in [-0.4, -0.2) is 67.1 Å². The molecule has 2 heterocycles. The molecule has 148 valence electrons. The highest BCUT2D eigenvalue weighted by Crippen LogP contribution is 2.33. The molecule has 4 rings (SSSR count). The summed E-state index contributed by atoms with van der Waals surface area (Å²) in [4.78, 5) is 28.5. The van der Waals surface area contributed by atoms with Crippen LogP contribution in [0.15, 0.2) is 40.9 Å². The second kappa shape index (κ2) is 8.49. The van der Waals surface area contributed by atoms with Crippen LogP contribution < -0.4 is 4.74 Å². The maximum absolute atomic E-state index is 12.5. The van der Waals surface area contributed by atoms with E-state index in [1.165, 1.54) is 0 Å². The minimum atomic E-state index is -0.296. The van der Waals surface area contributed by atoms with E-state index in [4.69, 9.17) is 9.47 Å². The molecular weight excluding hydrogens is 424 g/mol. The zero-order chi connectivity index (χ0) is 19.5. The Morgan fingerprint density at radius 1 is 1.07 bits per heavy atom. The Bertz CT molecular complexity index is 874. The van der Waals surface area contributed by atoms with Crippen LogP contribution in [0.3, 0.4) is 0 Å². The molecule has 0 aromatic heterocycles. The van der Waals surface area contributed by atoms with Gasteiger partial charge in [0.15, 0.2) is 6.61 Å². The molecule has 1 atom stereocenters. The molecular formula is C21H23BrN2O4. The summed E-state index contributed by atoms with van der Waals surface area (Å²) in [6.07, 6.45) is 1.44. The van der Waals surface area contributed by atoms with Gasteiger partial charge in [-0.05, 0) is 45.6 Å². The maximum atomic E-state index is 12.5. The minimum absolute atomic E-state index is 0.0172. The zero-order valence-corrected chi connectivity index (χ0v) is 17.2. The van der Waals surface area contributed by atoms with Gasteiger partial charge in [0.25, 0.3) is 11.8 Å². The molecule has 0 radical (unpaired) electrons. The third-order valence-corrected chi connectivity index (χ3v) is 6.15. The average Bonchev–Trinajstić information content (AvgIpc) is 3.28. The molecule has 2 aromatic rings. The average molecular weight is 447 g/mol. The van der Waals surface area contributed by atoms with Crippen LogP contribution in [0.4, 0.5) is 0 Å². The Balaban J connectivity index is 1.30. The molecule has 7 heteroatoms. The lowest BCUT2D eigenvalue weighted by Gasteiger charge is -2.35. The normalized spacial score (nSPS) is 19.8. The van der Waals surface area contributed by atoms with Crippen LogP contribution in [0, 0.1) is 0 Å². The SMILES string of the molecule is O=C(COc1ccc2ccccc2c1Br)N1CCN(C(=O)C2CCCO2)CC1. The summed E-state index contributed by atoms with van der Waals surface area (Å²) in [5.74, 6) is 0.643. The second-order valence-electron chi connectivity index (χ2n) is 7.10. The van der Waals surface area contributed by atoms with Gasteiger partial charge in [0, 0.05) is 32.8 Å². The molecule has 0 aliphatic carbocycles. The molecule has 28 heavy (non-hydrogen) atoms. The Morgan fingerprint density at radius 3 is 2.57 bits per heavy atom. The lowest BCUT2D eigenvalue weighted by molar-refractivity contribution is -0.146. The summed E-state index contributed by atoms with van der Waals surface area (Å²) in [7, 11) is 0. The number of carbonyl (C=O) groups is 2. The Kier molecular flexibility index (Phi) is 5.82. The molecule has 0 bridgehead atoms. The van der Waals surface area contributed by atoms with Gasteiger partial charge in [0.1, 0.15) is 11.9 Å². The molecule has 0 N–H and O–H groups in total. The number of hydrogen-bond acceptors (Lipinski definition) is 4. The first-order valence-corrected chi connectivity index (χ1v) is 10.4. The van der Waals surface area contributed by atoms with Crippen molar-refractivity contribution < 1.29 is 19.1 Å². The summed E-state index contributed by atoms with van der Waals surface area (Å²) in [6, 6.07) is 11.9. The summed E-state index contributed by atoms with van der Waals surface area (Å²) in [5, 5.41) is 2.16. The topological polar surface area (TPSA) is 59.1 Å². The largest absolute Gasteiger partial charge is 0.483 e. The highest BCUT2D eigenvalue weighted by atomic mass is 79.9. The van der Waals surface area contributed by atoms with Crippen molar-refractivity contribution in [2.24, 2.45) is 0 Å². The van der Waals surface area contributed by atoms with E-state index >= 15 is 0 Å². The van der Waals surface area contributed by atoms with Crippen LogP contribution in [-0.2, 0) is 14.3 Å². The highest BCUT2D eigenvalue weighted by Gasteiger charge is 2.31. The number of amides is 2. The summed E-state index contributed by atoms with van der Waals surface area (Å²) in [6.45, 7) is 2.79. The molecule has 1 unspecified atom stereocenters. The molecule has 2 aliphatic heterocycles. The first-order chi connectivity index (χ1) is 13.6. The van der Waals surface area contributed by atoms with Gasteiger partial charge in [-0.2, -0.15) is 0 Å². The van der Waals surface area contributed by atoms with E-state index in [0.29, 0.717) is 38.5 Å².